The largest absolute Gasteiger partial charge is 0.360 e. The Morgan fingerprint density at radius 3 is 2.45 bits per heavy atom. The summed E-state index contributed by atoms with van der Waals surface area (Å²) in [6.07, 6.45) is 1.98. The number of anilines is 1. The van der Waals surface area contributed by atoms with Crippen LogP contribution in [0.5, 0.6) is 0 Å². The van der Waals surface area contributed by atoms with Crippen LogP contribution in [0.3, 0.4) is 0 Å². The Morgan fingerprint density at radius 2 is 2.00 bits per heavy atom. The number of nitriles is 1. The standard InChI is InChI=1S/C14H17N3O4S/c1-3-10(2)17-14(18)11(8-15)9-16-12-4-6-13(7-5-12)22(19,20)21/h4-7,9-10,16H,3H2,1-2H3,(H,17,18)(H,19,20,21)/b11-9-. The van der Waals surface area contributed by atoms with Crippen LogP contribution in [0.2, 0.25) is 0 Å². The third-order valence-electron chi connectivity index (χ3n) is 2.89. The van der Waals surface area contributed by atoms with Gasteiger partial charge in [0, 0.05) is 17.9 Å². The van der Waals surface area contributed by atoms with Gasteiger partial charge in [-0.25, -0.2) is 0 Å². The summed E-state index contributed by atoms with van der Waals surface area (Å²) in [5.41, 5.74) is 0.371. The molecule has 0 fully saturated rings. The predicted molar refractivity (Wildman–Crippen MR) is 81.5 cm³/mol. The second-order valence-electron chi connectivity index (χ2n) is 4.60. The Bertz CT molecular complexity index is 703. The average Bonchev–Trinajstić information content (AvgIpc) is 2.47. The second kappa shape index (κ2) is 7.59. The lowest BCUT2D eigenvalue weighted by molar-refractivity contribution is -0.117. The highest BCUT2D eigenvalue weighted by Crippen LogP contribution is 2.14. The molecule has 7 nitrogen and oxygen atoms in total. The number of hydrogen-bond acceptors (Lipinski definition) is 5. The zero-order valence-corrected chi connectivity index (χ0v) is 13.0. The van der Waals surface area contributed by atoms with Gasteiger partial charge in [0.05, 0.1) is 4.90 Å². The number of carbonyl (C=O) groups is 1. The normalized spacial score (nSPS) is 13.1. The molecular formula is C14H17N3O4S. The number of hydrogen-bond donors (Lipinski definition) is 3. The first-order chi connectivity index (χ1) is 10.3. The van der Waals surface area contributed by atoms with E-state index in [4.69, 9.17) is 9.81 Å². The topological polar surface area (TPSA) is 119 Å². The van der Waals surface area contributed by atoms with E-state index in [0.717, 1.165) is 6.42 Å². The molecule has 3 N–H and O–H groups in total. The van der Waals surface area contributed by atoms with Gasteiger partial charge in [-0.2, -0.15) is 13.7 Å². The van der Waals surface area contributed by atoms with Gasteiger partial charge in [0.25, 0.3) is 16.0 Å². The molecule has 0 aliphatic rings. The Balaban J connectivity index is 2.81. The zero-order chi connectivity index (χ0) is 16.8. The van der Waals surface area contributed by atoms with Crippen molar-refractivity contribution in [2.45, 2.75) is 31.2 Å². The molecule has 0 aliphatic heterocycles. The summed E-state index contributed by atoms with van der Waals surface area (Å²) in [7, 11) is -4.25. The van der Waals surface area contributed by atoms with E-state index in [9.17, 15) is 13.2 Å². The predicted octanol–water partition coefficient (Wildman–Crippen LogP) is 1.67. The molecule has 1 aromatic carbocycles. The van der Waals surface area contributed by atoms with Crippen LogP contribution in [0.1, 0.15) is 20.3 Å². The van der Waals surface area contributed by atoms with Gasteiger partial charge < -0.3 is 10.6 Å². The molecule has 1 rings (SSSR count). The van der Waals surface area contributed by atoms with E-state index in [-0.39, 0.29) is 16.5 Å². The third kappa shape index (κ3) is 5.20. The molecule has 0 saturated heterocycles. The minimum absolute atomic E-state index is 0.0432. The van der Waals surface area contributed by atoms with E-state index in [1.807, 2.05) is 13.8 Å². The van der Waals surface area contributed by atoms with Crippen LogP contribution >= 0.6 is 0 Å². The van der Waals surface area contributed by atoms with Gasteiger partial charge in [-0.05, 0) is 37.6 Å². The van der Waals surface area contributed by atoms with E-state index in [0.29, 0.717) is 5.69 Å². The lowest BCUT2D eigenvalue weighted by atomic mass is 10.2. The van der Waals surface area contributed by atoms with E-state index >= 15 is 0 Å². The molecule has 0 saturated carbocycles. The average molecular weight is 323 g/mol. The van der Waals surface area contributed by atoms with Crippen molar-refractivity contribution in [2.24, 2.45) is 0 Å². The maximum atomic E-state index is 11.8. The highest BCUT2D eigenvalue weighted by Gasteiger charge is 2.11. The summed E-state index contributed by atoms with van der Waals surface area (Å²) in [5.74, 6) is -0.487. The molecule has 1 amide bonds. The highest BCUT2D eigenvalue weighted by atomic mass is 32.2. The summed E-state index contributed by atoms with van der Waals surface area (Å²) in [5, 5.41) is 14.4. The minimum atomic E-state index is -4.25. The van der Waals surface area contributed by atoms with Crippen LogP contribution in [-0.2, 0) is 14.9 Å². The Morgan fingerprint density at radius 1 is 1.41 bits per heavy atom. The number of rotatable bonds is 6. The van der Waals surface area contributed by atoms with Gasteiger partial charge in [0.1, 0.15) is 11.6 Å². The summed E-state index contributed by atoms with van der Waals surface area (Å²) in [4.78, 5) is 11.6. The van der Waals surface area contributed by atoms with Crippen LogP contribution in [0.15, 0.2) is 40.9 Å². The maximum absolute atomic E-state index is 11.8. The number of amides is 1. The van der Waals surface area contributed by atoms with Crippen LogP contribution < -0.4 is 10.6 Å². The molecule has 0 spiro atoms. The van der Waals surface area contributed by atoms with Crippen LogP contribution in [0, 0.1) is 11.3 Å². The maximum Gasteiger partial charge on any atom is 0.294 e. The van der Waals surface area contributed by atoms with E-state index < -0.39 is 16.0 Å². The van der Waals surface area contributed by atoms with Gasteiger partial charge >= 0.3 is 0 Å². The first-order valence-electron chi connectivity index (χ1n) is 6.53. The Kier molecular flexibility index (Phi) is 6.10. The van der Waals surface area contributed by atoms with Crippen LogP contribution in [-0.4, -0.2) is 24.9 Å². The van der Waals surface area contributed by atoms with Crippen molar-refractivity contribution in [3.8, 4) is 6.07 Å². The molecule has 8 heteroatoms. The van der Waals surface area contributed by atoms with E-state index in [2.05, 4.69) is 10.6 Å². The minimum Gasteiger partial charge on any atom is -0.360 e. The molecule has 1 atom stereocenters. The zero-order valence-electron chi connectivity index (χ0n) is 12.2. The second-order valence-corrected chi connectivity index (χ2v) is 6.02. The fourth-order valence-electron chi connectivity index (χ4n) is 1.43. The van der Waals surface area contributed by atoms with Gasteiger partial charge in [-0.3, -0.25) is 9.35 Å². The van der Waals surface area contributed by atoms with Crippen molar-refractivity contribution >= 4 is 21.7 Å². The highest BCUT2D eigenvalue weighted by molar-refractivity contribution is 7.85. The molecule has 0 bridgehead atoms. The van der Waals surface area contributed by atoms with Crippen molar-refractivity contribution in [1.82, 2.24) is 5.32 Å². The van der Waals surface area contributed by atoms with E-state index in [1.165, 1.54) is 30.5 Å². The first kappa shape index (κ1) is 17.7. The van der Waals surface area contributed by atoms with Crippen molar-refractivity contribution in [3.05, 3.63) is 36.0 Å². The third-order valence-corrected chi connectivity index (χ3v) is 3.76. The molecule has 0 aromatic heterocycles. The van der Waals surface area contributed by atoms with Crippen molar-refractivity contribution in [1.29, 1.82) is 5.26 Å². The van der Waals surface area contributed by atoms with Crippen LogP contribution in [0.25, 0.3) is 0 Å². The monoisotopic (exact) mass is 323 g/mol. The number of carbonyl (C=O) groups excluding carboxylic acids is 1. The smallest absolute Gasteiger partial charge is 0.294 e. The van der Waals surface area contributed by atoms with Gasteiger partial charge in [0.2, 0.25) is 0 Å². The van der Waals surface area contributed by atoms with Crippen LogP contribution in [0.4, 0.5) is 5.69 Å². The SMILES string of the molecule is CCC(C)NC(=O)/C(C#N)=C\Nc1ccc(S(=O)(=O)O)cc1. The Hall–Kier alpha value is -2.37. The number of nitrogens with zero attached hydrogens (tertiary/aromatic N) is 1. The molecule has 22 heavy (non-hydrogen) atoms. The fraction of sp³-hybridized carbons (Fsp3) is 0.286. The molecule has 118 valence electrons. The summed E-state index contributed by atoms with van der Waals surface area (Å²) < 4.78 is 30.7. The quantitative estimate of drug-likeness (QED) is 0.416. The van der Waals surface area contributed by atoms with E-state index in [1.54, 1.807) is 6.07 Å². The van der Waals surface area contributed by atoms with Gasteiger partial charge in [-0.1, -0.05) is 6.92 Å². The molecular weight excluding hydrogens is 306 g/mol. The molecule has 1 aromatic rings. The van der Waals surface area contributed by atoms with Gasteiger partial charge in [0.15, 0.2) is 0 Å². The van der Waals surface area contributed by atoms with Crippen molar-refractivity contribution in [3.63, 3.8) is 0 Å². The summed E-state index contributed by atoms with van der Waals surface area (Å²) in [6, 6.07) is 6.96. The lowest BCUT2D eigenvalue weighted by Gasteiger charge is -2.10. The first-order valence-corrected chi connectivity index (χ1v) is 7.97. The molecule has 0 heterocycles. The molecule has 0 radical (unpaired) electrons. The molecule has 0 aliphatic carbocycles. The number of benzene rings is 1. The van der Waals surface area contributed by atoms with Crippen molar-refractivity contribution < 1.29 is 17.8 Å². The summed E-state index contributed by atoms with van der Waals surface area (Å²) >= 11 is 0. The fourth-order valence-corrected chi connectivity index (χ4v) is 1.91. The van der Waals surface area contributed by atoms with Crippen molar-refractivity contribution in [2.75, 3.05) is 5.32 Å². The Labute approximate surface area is 129 Å². The lowest BCUT2D eigenvalue weighted by Crippen LogP contribution is -2.33. The van der Waals surface area contributed by atoms with Gasteiger partial charge in [-0.15, -0.1) is 0 Å². The molecule has 1 unspecified atom stereocenters. The summed E-state index contributed by atoms with van der Waals surface area (Å²) in [6.45, 7) is 3.74. The number of nitrogens with one attached hydrogen (secondary N) is 2.